The third-order valence-electron chi connectivity index (χ3n) is 5.84. The number of rotatable bonds is 6. The maximum Gasteiger partial charge on any atom is 0.263 e. The van der Waals surface area contributed by atoms with Gasteiger partial charge in [0.15, 0.2) is 0 Å². The Labute approximate surface area is 172 Å². The molecule has 0 atom stereocenters. The highest BCUT2D eigenvalue weighted by Gasteiger charge is 2.20. The largest absolute Gasteiger partial charge is 0.494 e. The molecular formula is C23H30N2O2S. The van der Waals surface area contributed by atoms with Crippen LogP contribution in [0.5, 0.6) is 5.75 Å². The van der Waals surface area contributed by atoms with E-state index in [-0.39, 0.29) is 5.91 Å². The summed E-state index contributed by atoms with van der Waals surface area (Å²) >= 11 is 1.52. The first-order valence-corrected chi connectivity index (χ1v) is 11.5. The van der Waals surface area contributed by atoms with Crippen LogP contribution in [0.1, 0.15) is 46.5 Å². The molecule has 1 aromatic carbocycles. The highest BCUT2D eigenvalue weighted by atomic mass is 32.1. The van der Waals surface area contributed by atoms with Gasteiger partial charge >= 0.3 is 0 Å². The van der Waals surface area contributed by atoms with Crippen molar-refractivity contribution in [3.63, 3.8) is 0 Å². The highest BCUT2D eigenvalue weighted by Crippen LogP contribution is 2.23. The summed E-state index contributed by atoms with van der Waals surface area (Å²) in [6.07, 6.45) is 6.98. The fraction of sp³-hybridized carbons (Fsp3) is 0.522. The molecule has 1 saturated heterocycles. The van der Waals surface area contributed by atoms with Gasteiger partial charge in [0.2, 0.25) is 0 Å². The molecule has 4 rings (SSSR count). The molecular weight excluding hydrogens is 368 g/mol. The maximum atomic E-state index is 12.6. The first kappa shape index (κ1) is 19.5. The van der Waals surface area contributed by atoms with Crippen LogP contribution in [0.15, 0.2) is 35.7 Å². The summed E-state index contributed by atoms with van der Waals surface area (Å²) in [6.45, 7) is 5.99. The zero-order valence-corrected chi connectivity index (χ0v) is 17.4. The minimum atomic E-state index is 0.164. The second kappa shape index (κ2) is 9.57. The summed E-state index contributed by atoms with van der Waals surface area (Å²) in [7, 11) is 0. The minimum absolute atomic E-state index is 0.164. The second-order valence-electron chi connectivity index (χ2n) is 7.80. The number of ether oxygens (including phenoxy) is 1. The molecule has 5 heteroatoms. The molecule has 150 valence electrons. The van der Waals surface area contributed by atoms with Crippen molar-refractivity contribution >= 4 is 17.2 Å². The van der Waals surface area contributed by atoms with E-state index in [2.05, 4.69) is 23.1 Å². The van der Waals surface area contributed by atoms with E-state index in [9.17, 15) is 4.79 Å². The molecule has 4 nitrogen and oxygen atoms in total. The fourth-order valence-electron chi connectivity index (χ4n) is 4.21. The van der Waals surface area contributed by atoms with Crippen LogP contribution >= 0.6 is 11.3 Å². The fourth-order valence-corrected chi connectivity index (χ4v) is 4.90. The predicted octanol–water partition coefficient (Wildman–Crippen LogP) is 4.24. The smallest absolute Gasteiger partial charge is 0.263 e. The Bertz CT molecular complexity index is 769. The lowest BCUT2D eigenvalue weighted by Crippen LogP contribution is -2.32. The van der Waals surface area contributed by atoms with Crippen molar-refractivity contribution in [2.75, 3.05) is 39.3 Å². The van der Waals surface area contributed by atoms with Crippen LogP contribution in [-0.4, -0.2) is 55.0 Å². The van der Waals surface area contributed by atoms with E-state index in [1.54, 1.807) is 0 Å². The van der Waals surface area contributed by atoms with E-state index in [1.807, 2.05) is 22.4 Å². The lowest BCUT2D eigenvalue weighted by molar-refractivity contribution is 0.0768. The van der Waals surface area contributed by atoms with Crippen molar-refractivity contribution in [2.45, 2.75) is 38.5 Å². The monoisotopic (exact) mass is 398 g/mol. The van der Waals surface area contributed by atoms with Crippen molar-refractivity contribution in [1.29, 1.82) is 0 Å². The van der Waals surface area contributed by atoms with Crippen LogP contribution in [0.4, 0.5) is 0 Å². The van der Waals surface area contributed by atoms with Crippen LogP contribution < -0.4 is 4.74 Å². The summed E-state index contributed by atoms with van der Waals surface area (Å²) in [5, 5.41) is 1.97. The Balaban J connectivity index is 1.28. The van der Waals surface area contributed by atoms with Crippen molar-refractivity contribution in [2.24, 2.45) is 0 Å². The summed E-state index contributed by atoms with van der Waals surface area (Å²) in [5.74, 6) is 1.13. The SMILES string of the molecule is O=C(c1cccs1)N1CCc2ccc(OCCCN3CCCCC3)cc2CC1. The summed E-state index contributed by atoms with van der Waals surface area (Å²) in [5.41, 5.74) is 2.68. The highest BCUT2D eigenvalue weighted by molar-refractivity contribution is 7.12. The summed E-state index contributed by atoms with van der Waals surface area (Å²) in [6, 6.07) is 10.3. The van der Waals surface area contributed by atoms with Crippen LogP contribution in [0.3, 0.4) is 0 Å². The summed E-state index contributed by atoms with van der Waals surface area (Å²) < 4.78 is 6.03. The van der Waals surface area contributed by atoms with E-state index < -0.39 is 0 Å². The third-order valence-corrected chi connectivity index (χ3v) is 6.69. The molecule has 0 spiro atoms. The molecule has 28 heavy (non-hydrogen) atoms. The number of hydrogen-bond donors (Lipinski definition) is 0. The van der Waals surface area contributed by atoms with Crippen LogP contribution in [0.2, 0.25) is 0 Å². The van der Waals surface area contributed by atoms with Crippen molar-refractivity contribution in [1.82, 2.24) is 9.80 Å². The summed E-state index contributed by atoms with van der Waals surface area (Å²) in [4.78, 5) is 18.0. The van der Waals surface area contributed by atoms with Crippen molar-refractivity contribution in [3.05, 3.63) is 51.7 Å². The Hall–Kier alpha value is -1.85. The molecule has 0 saturated carbocycles. The number of hydrogen-bond acceptors (Lipinski definition) is 4. The number of carbonyl (C=O) groups excluding carboxylic acids is 1. The third kappa shape index (κ3) is 4.95. The van der Waals surface area contributed by atoms with Gasteiger partial charge in [-0.1, -0.05) is 18.6 Å². The standard InChI is InChI=1S/C23H30N2O2S/c26-23(22-6-4-17-28-22)25-14-9-19-7-8-21(18-20(19)10-15-25)27-16-5-13-24-11-2-1-3-12-24/h4,6-8,17-18H,1-3,5,9-16H2. The first-order valence-electron chi connectivity index (χ1n) is 10.6. The molecule has 1 amide bonds. The van der Waals surface area contributed by atoms with Gasteiger partial charge in [0.25, 0.3) is 5.91 Å². The van der Waals surface area contributed by atoms with Gasteiger partial charge in [0.05, 0.1) is 11.5 Å². The van der Waals surface area contributed by atoms with Gasteiger partial charge in [-0.3, -0.25) is 4.79 Å². The number of piperidine rings is 1. The van der Waals surface area contributed by atoms with E-state index >= 15 is 0 Å². The van der Waals surface area contributed by atoms with Crippen LogP contribution in [0.25, 0.3) is 0 Å². The van der Waals surface area contributed by atoms with Gasteiger partial charge in [0.1, 0.15) is 5.75 Å². The van der Waals surface area contributed by atoms with Gasteiger partial charge in [-0.15, -0.1) is 11.3 Å². The number of fused-ring (bicyclic) bond motifs is 1. The minimum Gasteiger partial charge on any atom is -0.494 e. The Morgan fingerprint density at radius 2 is 1.82 bits per heavy atom. The second-order valence-corrected chi connectivity index (χ2v) is 8.75. The average Bonchev–Trinajstić information content (AvgIpc) is 3.19. The Morgan fingerprint density at radius 3 is 2.61 bits per heavy atom. The number of likely N-dealkylation sites (tertiary alicyclic amines) is 1. The molecule has 0 unspecified atom stereocenters. The van der Waals surface area contributed by atoms with Crippen molar-refractivity contribution < 1.29 is 9.53 Å². The molecule has 2 aromatic rings. The lowest BCUT2D eigenvalue weighted by Gasteiger charge is -2.26. The first-order chi connectivity index (χ1) is 13.8. The van der Waals surface area contributed by atoms with E-state index in [0.717, 1.165) is 56.1 Å². The number of nitrogens with zero attached hydrogens (tertiary/aromatic N) is 2. The average molecular weight is 399 g/mol. The van der Waals surface area contributed by atoms with Crippen molar-refractivity contribution in [3.8, 4) is 5.75 Å². The number of amides is 1. The number of thiophene rings is 1. The molecule has 1 aromatic heterocycles. The Morgan fingerprint density at radius 1 is 1.00 bits per heavy atom. The molecule has 0 aliphatic carbocycles. The number of benzene rings is 1. The van der Waals surface area contributed by atoms with Gasteiger partial charge in [-0.2, -0.15) is 0 Å². The van der Waals surface area contributed by atoms with Crippen LogP contribution in [0, 0.1) is 0 Å². The van der Waals surface area contributed by atoms with Gasteiger partial charge in [-0.25, -0.2) is 0 Å². The van der Waals surface area contributed by atoms with E-state index in [0.29, 0.717) is 0 Å². The van der Waals surface area contributed by atoms with E-state index in [4.69, 9.17) is 4.74 Å². The predicted molar refractivity (Wildman–Crippen MR) is 114 cm³/mol. The Kier molecular flexibility index (Phi) is 6.65. The molecule has 1 fully saturated rings. The zero-order chi connectivity index (χ0) is 19.2. The van der Waals surface area contributed by atoms with Gasteiger partial charge in [0, 0.05) is 19.6 Å². The normalized spacial score (nSPS) is 17.8. The molecule has 2 aliphatic heterocycles. The van der Waals surface area contributed by atoms with Gasteiger partial charge < -0.3 is 14.5 Å². The maximum absolute atomic E-state index is 12.6. The lowest BCUT2D eigenvalue weighted by atomic mass is 10.0. The topological polar surface area (TPSA) is 32.8 Å². The molecule has 3 heterocycles. The molecule has 2 aliphatic rings. The van der Waals surface area contributed by atoms with Crippen LogP contribution in [-0.2, 0) is 12.8 Å². The van der Waals surface area contributed by atoms with E-state index in [1.165, 1.54) is 54.8 Å². The molecule has 0 N–H and O–H groups in total. The number of carbonyl (C=O) groups is 1. The molecule has 0 radical (unpaired) electrons. The zero-order valence-electron chi connectivity index (χ0n) is 16.6. The molecule has 0 bridgehead atoms. The van der Waals surface area contributed by atoms with Gasteiger partial charge in [-0.05, 0) is 79.9 Å². The quantitative estimate of drug-likeness (QED) is 0.682.